The number of ether oxygens (including phenoxy) is 1. The maximum absolute atomic E-state index is 10.5. The molecule has 0 saturated carbocycles. The summed E-state index contributed by atoms with van der Waals surface area (Å²) in [6, 6.07) is 2.59. The van der Waals surface area contributed by atoms with Gasteiger partial charge in [-0.2, -0.15) is 0 Å². The number of carbonyl (C=O) groups is 1. The van der Waals surface area contributed by atoms with Crippen molar-refractivity contribution in [1.29, 1.82) is 0 Å². The van der Waals surface area contributed by atoms with Crippen LogP contribution >= 0.6 is 11.6 Å². The van der Waals surface area contributed by atoms with Gasteiger partial charge in [-0.15, -0.1) is 0 Å². The zero-order chi connectivity index (χ0) is 13.0. The highest BCUT2D eigenvalue weighted by molar-refractivity contribution is 6.32. The van der Waals surface area contributed by atoms with Crippen LogP contribution in [0.15, 0.2) is 12.1 Å². The molecule has 0 aliphatic rings. The van der Waals surface area contributed by atoms with Gasteiger partial charge in [-0.3, -0.25) is 4.79 Å². The van der Waals surface area contributed by atoms with Gasteiger partial charge in [-0.25, -0.2) is 0 Å². The highest BCUT2D eigenvalue weighted by Crippen LogP contribution is 2.39. The summed E-state index contributed by atoms with van der Waals surface area (Å²) >= 11 is 5.73. The number of hydrogen-bond donors (Lipinski definition) is 3. The number of halogens is 1. The normalized spacial score (nSPS) is 12.2. The maximum Gasteiger partial charge on any atom is 0.303 e. The minimum absolute atomic E-state index is 0.0479. The van der Waals surface area contributed by atoms with Crippen molar-refractivity contribution < 1.29 is 19.7 Å². The first-order valence-corrected chi connectivity index (χ1v) is 5.38. The van der Waals surface area contributed by atoms with Crippen LogP contribution in [0.1, 0.15) is 24.4 Å². The van der Waals surface area contributed by atoms with Crippen molar-refractivity contribution in [3.05, 3.63) is 22.7 Å². The van der Waals surface area contributed by atoms with E-state index in [1.807, 2.05) is 0 Å². The topological polar surface area (TPSA) is 92.8 Å². The molecule has 4 N–H and O–H groups in total. The van der Waals surface area contributed by atoms with Crippen molar-refractivity contribution in [3.8, 4) is 11.5 Å². The number of carboxylic acid groups (broad SMARTS) is 1. The zero-order valence-electron chi connectivity index (χ0n) is 9.31. The number of phenolic OH excluding ortho intramolecular Hbond substituents is 1. The molecule has 0 fully saturated rings. The van der Waals surface area contributed by atoms with Crippen molar-refractivity contribution in [1.82, 2.24) is 0 Å². The quantitative estimate of drug-likeness (QED) is 0.751. The number of rotatable bonds is 5. The Balaban J connectivity index is 2.97. The van der Waals surface area contributed by atoms with Crippen LogP contribution in [0.3, 0.4) is 0 Å². The fraction of sp³-hybridized carbons (Fsp3) is 0.364. The predicted molar refractivity (Wildman–Crippen MR) is 63.5 cm³/mol. The number of nitrogens with two attached hydrogens (primary N) is 1. The van der Waals surface area contributed by atoms with Gasteiger partial charge in [0.05, 0.1) is 12.1 Å². The van der Waals surface area contributed by atoms with Crippen molar-refractivity contribution in [2.24, 2.45) is 5.73 Å². The molecular weight excluding hydrogens is 246 g/mol. The van der Waals surface area contributed by atoms with Gasteiger partial charge in [0.1, 0.15) is 0 Å². The van der Waals surface area contributed by atoms with Gasteiger partial charge in [0.15, 0.2) is 11.5 Å². The van der Waals surface area contributed by atoms with E-state index < -0.39 is 12.0 Å². The average Bonchev–Trinajstić information content (AvgIpc) is 2.29. The highest BCUT2D eigenvalue weighted by Gasteiger charge is 2.18. The summed E-state index contributed by atoms with van der Waals surface area (Å²) in [4.78, 5) is 10.5. The Hall–Kier alpha value is -1.46. The molecule has 0 aliphatic heterocycles. The molecule has 0 heterocycles. The first-order chi connectivity index (χ1) is 7.97. The molecule has 5 nitrogen and oxygen atoms in total. The fourth-order valence-electron chi connectivity index (χ4n) is 1.50. The number of benzene rings is 1. The Morgan fingerprint density at radius 1 is 1.59 bits per heavy atom. The van der Waals surface area contributed by atoms with Crippen LogP contribution in [0, 0.1) is 0 Å². The second kappa shape index (κ2) is 5.75. The molecular formula is C11H14ClNO4. The Labute approximate surface area is 104 Å². The third kappa shape index (κ3) is 3.25. The minimum Gasteiger partial charge on any atom is -0.503 e. The molecule has 0 amide bonds. The highest BCUT2D eigenvalue weighted by atomic mass is 35.5. The standard InChI is InChI=1S/C11H14ClNO4/c1-17-11-6(2-3-7(12)10(11)16)8(13)4-5-9(14)15/h2-3,8,16H,4-5,13H2,1H3,(H,14,15). The zero-order valence-corrected chi connectivity index (χ0v) is 10.1. The van der Waals surface area contributed by atoms with E-state index in [1.54, 1.807) is 6.07 Å². The van der Waals surface area contributed by atoms with Crippen molar-refractivity contribution in [3.63, 3.8) is 0 Å². The first kappa shape index (κ1) is 13.6. The molecule has 0 aromatic heterocycles. The molecule has 0 aliphatic carbocycles. The van der Waals surface area contributed by atoms with E-state index in [1.165, 1.54) is 13.2 Å². The van der Waals surface area contributed by atoms with E-state index in [2.05, 4.69) is 0 Å². The molecule has 17 heavy (non-hydrogen) atoms. The summed E-state index contributed by atoms with van der Waals surface area (Å²) in [5.74, 6) is -0.912. The number of aliphatic carboxylic acids is 1. The summed E-state index contributed by atoms with van der Waals surface area (Å²) < 4.78 is 5.02. The van der Waals surface area contributed by atoms with Gasteiger partial charge in [-0.05, 0) is 12.5 Å². The van der Waals surface area contributed by atoms with Crippen LogP contribution in [0.25, 0.3) is 0 Å². The number of carboxylic acids is 1. The Morgan fingerprint density at radius 3 is 2.76 bits per heavy atom. The van der Waals surface area contributed by atoms with E-state index in [-0.39, 0.29) is 29.4 Å². The van der Waals surface area contributed by atoms with Gasteiger partial charge in [-0.1, -0.05) is 17.7 Å². The van der Waals surface area contributed by atoms with Crippen LogP contribution in [0.5, 0.6) is 11.5 Å². The van der Waals surface area contributed by atoms with Crippen LogP contribution in [0.4, 0.5) is 0 Å². The van der Waals surface area contributed by atoms with E-state index in [9.17, 15) is 9.90 Å². The third-order valence-corrected chi connectivity index (χ3v) is 2.69. The lowest BCUT2D eigenvalue weighted by atomic mass is 10.0. The smallest absolute Gasteiger partial charge is 0.303 e. The number of methoxy groups -OCH3 is 1. The number of hydrogen-bond acceptors (Lipinski definition) is 4. The van der Waals surface area contributed by atoms with Gasteiger partial charge >= 0.3 is 5.97 Å². The summed E-state index contributed by atoms with van der Waals surface area (Å²) in [5.41, 5.74) is 6.38. The summed E-state index contributed by atoms with van der Waals surface area (Å²) in [5, 5.41) is 18.4. The lowest BCUT2D eigenvalue weighted by Crippen LogP contribution is -2.13. The van der Waals surface area contributed by atoms with Crippen molar-refractivity contribution in [2.45, 2.75) is 18.9 Å². The average molecular weight is 260 g/mol. The Morgan fingerprint density at radius 2 is 2.24 bits per heavy atom. The number of aromatic hydroxyl groups is 1. The van der Waals surface area contributed by atoms with Crippen molar-refractivity contribution >= 4 is 17.6 Å². The molecule has 0 bridgehead atoms. The van der Waals surface area contributed by atoms with Crippen LogP contribution in [-0.4, -0.2) is 23.3 Å². The maximum atomic E-state index is 10.5. The van der Waals surface area contributed by atoms with E-state index >= 15 is 0 Å². The molecule has 0 saturated heterocycles. The Bertz CT molecular complexity index is 422. The minimum atomic E-state index is -0.919. The van der Waals surface area contributed by atoms with E-state index in [0.717, 1.165) is 0 Å². The lowest BCUT2D eigenvalue weighted by molar-refractivity contribution is -0.137. The lowest BCUT2D eigenvalue weighted by Gasteiger charge is -2.16. The molecule has 0 radical (unpaired) electrons. The van der Waals surface area contributed by atoms with Crippen LogP contribution in [0.2, 0.25) is 5.02 Å². The SMILES string of the molecule is COc1c(C(N)CCC(=O)O)ccc(Cl)c1O. The second-order valence-corrected chi connectivity index (χ2v) is 3.96. The summed E-state index contributed by atoms with van der Waals surface area (Å²) in [6.45, 7) is 0. The molecule has 0 spiro atoms. The molecule has 1 aromatic carbocycles. The monoisotopic (exact) mass is 259 g/mol. The fourth-order valence-corrected chi connectivity index (χ4v) is 1.65. The van der Waals surface area contributed by atoms with Gasteiger partial charge < -0.3 is 20.7 Å². The Kier molecular flexibility index (Phi) is 4.60. The molecule has 1 aromatic rings. The van der Waals surface area contributed by atoms with Gasteiger partial charge in [0.25, 0.3) is 0 Å². The summed E-state index contributed by atoms with van der Waals surface area (Å²) in [7, 11) is 1.39. The van der Waals surface area contributed by atoms with Crippen molar-refractivity contribution in [2.75, 3.05) is 7.11 Å². The molecule has 94 valence electrons. The molecule has 6 heteroatoms. The first-order valence-electron chi connectivity index (χ1n) is 5.00. The number of phenols is 1. The largest absolute Gasteiger partial charge is 0.503 e. The molecule has 1 atom stereocenters. The third-order valence-electron chi connectivity index (χ3n) is 2.39. The van der Waals surface area contributed by atoms with Crippen LogP contribution < -0.4 is 10.5 Å². The predicted octanol–water partition coefficient (Wildman–Crippen LogP) is 1.92. The van der Waals surface area contributed by atoms with E-state index in [4.69, 9.17) is 27.2 Å². The second-order valence-electron chi connectivity index (χ2n) is 3.56. The van der Waals surface area contributed by atoms with Gasteiger partial charge in [0.2, 0.25) is 0 Å². The van der Waals surface area contributed by atoms with Gasteiger partial charge in [0, 0.05) is 18.0 Å². The molecule has 1 unspecified atom stereocenters. The van der Waals surface area contributed by atoms with E-state index in [0.29, 0.717) is 5.56 Å². The summed E-state index contributed by atoms with van der Waals surface area (Å²) in [6.07, 6.45) is 0.209. The molecule has 1 rings (SSSR count). The van der Waals surface area contributed by atoms with Crippen LogP contribution in [-0.2, 0) is 4.79 Å².